The largest absolute Gasteiger partial charge is 0.506 e. The van der Waals surface area contributed by atoms with Gasteiger partial charge in [-0.3, -0.25) is 0 Å². The van der Waals surface area contributed by atoms with Crippen LogP contribution in [0.15, 0.2) is 158 Å². The highest BCUT2D eigenvalue weighted by atomic mass is 16.5. The van der Waals surface area contributed by atoms with Gasteiger partial charge in [0.15, 0.2) is 0 Å². The number of ether oxygens (including phenoxy) is 2. The molecule has 0 amide bonds. The molecule has 0 aliphatic carbocycles. The lowest BCUT2D eigenvalue weighted by Gasteiger charge is -2.21. The second-order valence-corrected chi connectivity index (χ2v) is 12.6. The lowest BCUT2D eigenvalue weighted by Crippen LogP contribution is -1.98. The Balaban J connectivity index is 1.48. The van der Waals surface area contributed by atoms with Crippen LogP contribution >= 0.6 is 0 Å². The number of fused-ring (bicyclic) bond motifs is 2. The zero-order valence-corrected chi connectivity index (χ0v) is 28.9. The van der Waals surface area contributed by atoms with Gasteiger partial charge in [0.05, 0.1) is 11.4 Å². The summed E-state index contributed by atoms with van der Waals surface area (Å²) in [6.45, 7) is 0. The molecule has 0 heterocycles. The van der Waals surface area contributed by atoms with E-state index in [4.69, 9.17) is 20.9 Å². The van der Waals surface area contributed by atoms with Gasteiger partial charge in [0.25, 0.3) is 0 Å². The number of rotatable bonds is 5. The highest BCUT2D eigenvalue weighted by Crippen LogP contribution is 2.49. The zero-order chi connectivity index (χ0) is 37.0. The van der Waals surface area contributed by atoms with Crippen molar-refractivity contribution in [2.75, 3.05) is 11.5 Å². The summed E-state index contributed by atoms with van der Waals surface area (Å²) in [6, 6.07) is 49.0. The molecule has 6 nitrogen and oxygen atoms in total. The molecule has 0 spiro atoms. The summed E-state index contributed by atoms with van der Waals surface area (Å²) in [5.74, 6) is 15.3. The average molecular weight is 701 g/mol. The van der Waals surface area contributed by atoms with E-state index in [-0.39, 0.29) is 22.9 Å². The van der Waals surface area contributed by atoms with Crippen LogP contribution in [-0.2, 0) is 0 Å². The summed E-state index contributed by atoms with van der Waals surface area (Å²) in [6.07, 6.45) is 0. The van der Waals surface area contributed by atoms with Crippen molar-refractivity contribution in [2.24, 2.45) is 0 Å². The molecule has 8 aromatic carbocycles. The molecule has 0 bridgehead atoms. The molecule has 258 valence electrons. The lowest BCUT2D eigenvalue weighted by molar-refractivity contribution is 0.465. The topological polar surface area (TPSA) is 111 Å². The van der Waals surface area contributed by atoms with Crippen LogP contribution in [0.25, 0.3) is 32.7 Å². The van der Waals surface area contributed by atoms with Crippen molar-refractivity contribution in [3.63, 3.8) is 0 Å². The first kappa shape index (κ1) is 33.3. The summed E-state index contributed by atoms with van der Waals surface area (Å²) in [5.41, 5.74) is 17.3. The van der Waals surface area contributed by atoms with E-state index >= 15 is 0 Å². The summed E-state index contributed by atoms with van der Waals surface area (Å²) >= 11 is 0. The number of phenolic OH excluding ortho intramolecular Hbond substituents is 2. The van der Waals surface area contributed by atoms with Crippen LogP contribution in [0.1, 0.15) is 22.3 Å². The quantitative estimate of drug-likeness (QED) is 0.0808. The fourth-order valence-electron chi connectivity index (χ4n) is 6.36. The van der Waals surface area contributed by atoms with E-state index in [9.17, 15) is 10.2 Å². The first-order valence-corrected chi connectivity index (χ1v) is 17.2. The van der Waals surface area contributed by atoms with Crippen LogP contribution in [0.5, 0.6) is 34.5 Å². The fourth-order valence-corrected chi connectivity index (χ4v) is 6.36. The standard InChI is InChI=1S/C48H32N2O4/c49-39-29-37(23-25-41(39)51)53-43-27-21-35-15-7-13-33(19-17-31-9-3-1-4-10-31)45(35)47(43)48-44(54-38-24-26-42(52)40(50)30-38)28-22-36-16-8-14-34(46(36)48)20-18-32-11-5-2-6-12-32/h1-16,21-30,51-52H,49-50H2. The molecule has 0 aliphatic heterocycles. The molecule has 0 aliphatic rings. The van der Waals surface area contributed by atoms with Crippen molar-refractivity contribution in [1.29, 1.82) is 0 Å². The molecule has 8 aromatic rings. The molecule has 0 unspecified atom stereocenters. The van der Waals surface area contributed by atoms with E-state index in [0.29, 0.717) is 34.1 Å². The van der Waals surface area contributed by atoms with Gasteiger partial charge in [-0.1, -0.05) is 96.5 Å². The Morgan fingerprint density at radius 1 is 0.407 bits per heavy atom. The van der Waals surface area contributed by atoms with Crippen molar-refractivity contribution in [1.82, 2.24) is 0 Å². The van der Waals surface area contributed by atoms with E-state index in [0.717, 1.165) is 43.8 Å². The van der Waals surface area contributed by atoms with Gasteiger partial charge >= 0.3 is 0 Å². The summed E-state index contributed by atoms with van der Waals surface area (Å²) < 4.78 is 13.4. The molecule has 0 radical (unpaired) electrons. The number of phenols is 2. The van der Waals surface area contributed by atoms with E-state index in [1.165, 1.54) is 12.1 Å². The highest BCUT2D eigenvalue weighted by Gasteiger charge is 2.23. The minimum absolute atomic E-state index is 0.0425. The number of hydrogen-bond donors (Lipinski definition) is 4. The summed E-state index contributed by atoms with van der Waals surface area (Å²) in [7, 11) is 0. The van der Waals surface area contributed by atoms with Crippen LogP contribution < -0.4 is 20.9 Å². The fraction of sp³-hybridized carbons (Fsp3) is 0. The van der Waals surface area contributed by atoms with Crippen molar-refractivity contribution in [2.45, 2.75) is 0 Å². The molecule has 54 heavy (non-hydrogen) atoms. The van der Waals surface area contributed by atoms with Crippen molar-refractivity contribution in [3.05, 3.63) is 180 Å². The maximum atomic E-state index is 10.2. The third kappa shape index (κ3) is 6.79. The predicted octanol–water partition coefficient (Wildman–Crippen LogP) is 10.6. The monoisotopic (exact) mass is 700 g/mol. The molecule has 6 N–H and O–H groups in total. The van der Waals surface area contributed by atoms with Gasteiger partial charge in [-0.25, -0.2) is 0 Å². The number of nitrogen functional groups attached to an aromatic ring is 2. The normalized spacial score (nSPS) is 10.6. The third-order valence-corrected chi connectivity index (χ3v) is 8.95. The van der Waals surface area contributed by atoms with Gasteiger partial charge in [0.1, 0.15) is 34.5 Å². The number of anilines is 2. The van der Waals surface area contributed by atoms with Crippen LogP contribution in [0.4, 0.5) is 11.4 Å². The molecular formula is C48H32N2O4. The number of nitrogens with two attached hydrogens (primary N) is 2. The molecule has 0 saturated heterocycles. The second-order valence-electron chi connectivity index (χ2n) is 12.6. The Hall–Kier alpha value is -7.80. The predicted molar refractivity (Wildman–Crippen MR) is 217 cm³/mol. The maximum absolute atomic E-state index is 10.2. The maximum Gasteiger partial charge on any atom is 0.138 e. The number of hydrogen-bond acceptors (Lipinski definition) is 6. The number of aromatic hydroxyl groups is 2. The Bertz CT molecular complexity index is 2630. The minimum Gasteiger partial charge on any atom is -0.506 e. The van der Waals surface area contributed by atoms with Crippen molar-refractivity contribution in [3.8, 4) is 69.3 Å². The van der Waals surface area contributed by atoms with Crippen LogP contribution in [0, 0.1) is 23.7 Å². The van der Waals surface area contributed by atoms with E-state index in [2.05, 4.69) is 23.7 Å². The SMILES string of the molecule is Nc1cc(Oc2ccc3cccc(C#Cc4ccccc4)c3c2-c2c(Oc3ccc(O)c(N)c3)ccc3cccc(C#Cc4ccccc4)c23)ccc1O. The molecule has 0 fully saturated rings. The van der Waals surface area contributed by atoms with Crippen LogP contribution in [-0.4, -0.2) is 10.2 Å². The van der Waals surface area contributed by atoms with Gasteiger partial charge < -0.3 is 31.2 Å². The summed E-state index contributed by atoms with van der Waals surface area (Å²) in [5, 5.41) is 23.9. The highest BCUT2D eigenvalue weighted by molar-refractivity contribution is 6.13. The Labute approximate surface area is 312 Å². The van der Waals surface area contributed by atoms with Crippen molar-refractivity contribution >= 4 is 32.9 Å². The lowest BCUT2D eigenvalue weighted by atomic mass is 9.88. The van der Waals surface area contributed by atoms with Crippen LogP contribution in [0.2, 0.25) is 0 Å². The van der Waals surface area contributed by atoms with E-state index in [1.54, 1.807) is 24.3 Å². The van der Waals surface area contributed by atoms with Gasteiger partial charge in [-0.15, -0.1) is 0 Å². The van der Waals surface area contributed by atoms with E-state index in [1.807, 2.05) is 121 Å². The van der Waals surface area contributed by atoms with Crippen LogP contribution in [0.3, 0.4) is 0 Å². The molecule has 8 rings (SSSR count). The molecule has 0 saturated carbocycles. The Kier molecular flexibility index (Phi) is 8.92. The van der Waals surface area contributed by atoms with Gasteiger partial charge in [0.2, 0.25) is 0 Å². The molecule has 0 atom stereocenters. The molecular weight excluding hydrogens is 669 g/mol. The van der Waals surface area contributed by atoms with Gasteiger partial charge in [-0.05, 0) is 83.6 Å². The van der Waals surface area contributed by atoms with Crippen molar-refractivity contribution < 1.29 is 19.7 Å². The molecule has 0 aromatic heterocycles. The average Bonchev–Trinajstić information content (AvgIpc) is 3.20. The van der Waals surface area contributed by atoms with Gasteiger partial charge in [0, 0.05) is 56.3 Å². The Morgan fingerprint density at radius 3 is 1.24 bits per heavy atom. The number of benzene rings is 8. The zero-order valence-electron chi connectivity index (χ0n) is 28.9. The summed E-state index contributed by atoms with van der Waals surface area (Å²) in [4.78, 5) is 0. The Morgan fingerprint density at radius 2 is 0.833 bits per heavy atom. The first-order chi connectivity index (χ1) is 26.4. The first-order valence-electron chi connectivity index (χ1n) is 17.2. The molecule has 6 heteroatoms. The van der Waals surface area contributed by atoms with Gasteiger partial charge in [-0.2, -0.15) is 0 Å². The third-order valence-electron chi connectivity index (χ3n) is 8.95. The second kappa shape index (κ2) is 14.4. The smallest absolute Gasteiger partial charge is 0.138 e. The minimum atomic E-state index is -0.0425. The van der Waals surface area contributed by atoms with E-state index < -0.39 is 0 Å².